The highest BCUT2D eigenvalue weighted by Gasteiger charge is 2.26. The van der Waals surface area contributed by atoms with Crippen LogP contribution in [-0.4, -0.2) is 61.2 Å². The van der Waals surface area contributed by atoms with Gasteiger partial charge < -0.3 is 19.8 Å². The van der Waals surface area contributed by atoms with Crippen molar-refractivity contribution in [2.45, 2.75) is 31.5 Å². The molecule has 3 unspecified atom stereocenters. The van der Waals surface area contributed by atoms with E-state index in [2.05, 4.69) is 4.90 Å². The Balaban J connectivity index is 2.19. The van der Waals surface area contributed by atoms with Crippen molar-refractivity contribution in [3.8, 4) is 0 Å². The van der Waals surface area contributed by atoms with Gasteiger partial charge in [0.15, 0.2) is 0 Å². The lowest BCUT2D eigenvalue weighted by Gasteiger charge is -2.24. The highest BCUT2D eigenvalue weighted by Crippen LogP contribution is 2.25. The Labute approximate surface area is 91.8 Å². The molecule has 0 spiro atoms. The van der Waals surface area contributed by atoms with Crippen LogP contribution < -0.4 is 0 Å². The Kier molecular flexibility index (Phi) is 5.53. The zero-order chi connectivity index (χ0) is 11.3. The van der Waals surface area contributed by atoms with E-state index in [4.69, 9.17) is 4.74 Å². The first-order chi connectivity index (χ1) is 7.13. The largest absolute Gasteiger partial charge is 0.393 e. The van der Waals surface area contributed by atoms with Crippen molar-refractivity contribution in [1.29, 1.82) is 0 Å². The standard InChI is InChI=1S/C11H23NO3/c1-12(7-10(13)8-15-2)6-9-4-3-5-11(9)14/h9-11,13-14H,3-8H2,1-2H3. The van der Waals surface area contributed by atoms with Crippen molar-refractivity contribution in [1.82, 2.24) is 4.90 Å². The number of hydrogen-bond donors (Lipinski definition) is 2. The van der Waals surface area contributed by atoms with Gasteiger partial charge in [0.1, 0.15) is 0 Å². The predicted octanol–water partition coefficient (Wildman–Crippen LogP) is 0.0865. The van der Waals surface area contributed by atoms with Crippen molar-refractivity contribution in [3.05, 3.63) is 0 Å². The fourth-order valence-corrected chi connectivity index (χ4v) is 2.31. The van der Waals surface area contributed by atoms with Crippen LogP contribution in [0, 0.1) is 5.92 Å². The van der Waals surface area contributed by atoms with Gasteiger partial charge in [-0.05, 0) is 25.8 Å². The molecule has 1 rings (SSSR count). The lowest BCUT2D eigenvalue weighted by atomic mass is 10.1. The van der Waals surface area contributed by atoms with Gasteiger partial charge in [0, 0.05) is 20.2 Å². The van der Waals surface area contributed by atoms with E-state index in [-0.39, 0.29) is 6.10 Å². The Bertz CT molecular complexity index is 177. The van der Waals surface area contributed by atoms with Crippen molar-refractivity contribution in [3.63, 3.8) is 0 Å². The molecule has 0 aromatic carbocycles. The maximum Gasteiger partial charge on any atom is 0.0899 e. The van der Waals surface area contributed by atoms with Gasteiger partial charge in [0.2, 0.25) is 0 Å². The molecular weight excluding hydrogens is 194 g/mol. The summed E-state index contributed by atoms with van der Waals surface area (Å²) < 4.78 is 4.87. The topological polar surface area (TPSA) is 52.9 Å². The van der Waals surface area contributed by atoms with Crippen LogP contribution in [0.4, 0.5) is 0 Å². The minimum atomic E-state index is -0.432. The molecule has 1 aliphatic rings. The lowest BCUT2D eigenvalue weighted by molar-refractivity contribution is 0.0337. The molecule has 0 amide bonds. The molecule has 0 radical (unpaired) electrons. The second-order valence-electron chi connectivity index (χ2n) is 4.59. The van der Waals surface area contributed by atoms with Gasteiger partial charge in [-0.2, -0.15) is 0 Å². The SMILES string of the molecule is COCC(O)CN(C)CC1CCCC1O. The summed E-state index contributed by atoms with van der Waals surface area (Å²) in [6, 6.07) is 0. The molecule has 4 nitrogen and oxygen atoms in total. The third-order valence-corrected chi connectivity index (χ3v) is 3.05. The molecule has 4 heteroatoms. The van der Waals surface area contributed by atoms with Crippen LogP contribution in [-0.2, 0) is 4.74 Å². The summed E-state index contributed by atoms with van der Waals surface area (Å²) in [7, 11) is 3.56. The first-order valence-corrected chi connectivity index (χ1v) is 5.67. The Morgan fingerprint density at radius 2 is 2.20 bits per heavy atom. The molecule has 1 saturated carbocycles. The molecule has 1 fully saturated rings. The molecule has 0 aromatic heterocycles. The summed E-state index contributed by atoms with van der Waals surface area (Å²) in [4.78, 5) is 2.07. The van der Waals surface area contributed by atoms with Crippen LogP contribution in [0.25, 0.3) is 0 Å². The first-order valence-electron chi connectivity index (χ1n) is 5.67. The number of nitrogens with zero attached hydrogens (tertiary/aromatic N) is 1. The van der Waals surface area contributed by atoms with Gasteiger partial charge in [-0.1, -0.05) is 6.42 Å². The fourth-order valence-electron chi connectivity index (χ4n) is 2.31. The third kappa shape index (κ3) is 4.47. The average molecular weight is 217 g/mol. The average Bonchev–Trinajstić information content (AvgIpc) is 2.52. The number of ether oxygens (including phenoxy) is 1. The minimum absolute atomic E-state index is 0.146. The van der Waals surface area contributed by atoms with Gasteiger partial charge in [-0.25, -0.2) is 0 Å². The van der Waals surface area contributed by atoms with E-state index in [1.807, 2.05) is 7.05 Å². The third-order valence-electron chi connectivity index (χ3n) is 3.05. The van der Waals surface area contributed by atoms with Gasteiger partial charge in [-0.15, -0.1) is 0 Å². The van der Waals surface area contributed by atoms with Crippen LogP contribution in [0.15, 0.2) is 0 Å². The molecule has 1 aliphatic carbocycles. The van der Waals surface area contributed by atoms with Gasteiger partial charge in [-0.3, -0.25) is 0 Å². The number of methoxy groups -OCH3 is 1. The number of likely N-dealkylation sites (N-methyl/N-ethyl adjacent to an activating group) is 1. The van der Waals surface area contributed by atoms with Gasteiger partial charge in [0.05, 0.1) is 18.8 Å². The monoisotopic (exact) mass is 217 g/mol. The quantitative estimate of drug-likeness (QED) is 0.662. The molecule has 0 aliphatic heterocycles. The zero-order valence-corrected chi connectivity index (χ0v) is 9.72. The van der Waals surface area contributed by atoms with E-state index in [0.29, 0.717) is 19.1 Å². The van der Waals surface area contributed by atoms with Crippen LogP contribution in [0.5, 0.6) is 0 Å². The molecule has 3 atom stereocenters. The Hall–Kier alpha value is -0.160. The molecule has 2 N–H and O–H groups in total. The molecule has 90 valence electrons. The summed E-state index contributed by atoms with van der Waals surface area (Å²) in [5.41, 5.74) is 0. The van der Waals surface area contributed by atoms with E-state index in [1.165, 1.54) is 0 Å². The Morgan fingerprint density at radius 3 is 2.73 bits per heavy atom. The molecular formula is C11H23NO3. The number of aliphatic hydroxyl groups is 2. The van der Waals surface area contributed by atoms with E-state index in [0.717, 1.165) is 25.8 Å². The predicted molar refractivity (Wildman–Crippen MR) is 58.7 cm³/mol. The van der Waals surface area contributed by atoms with Crippen molar-refractivity contribution >= 4 is 0 Å². The van der Waals surface area contributed by atoms with Crippen molar-refractivity contribution < 1.29 is 14.9 Å². The highest BCUT2D eigenvalue weighted by molar-refractivity contribution is 4.79. The second kappa shape index (κ2) is 6.43. The first kappa shape index (κ1) is 12.9. The normalized spacial score (nSPS) is 28.6. The van der Waals surface area contributed by atoms with Crippen LogP contribution in [0.3, 0.4) is 0 Å². The minimum Gasteiger partial charge on any atom is -0.393 e. The zero-order valence-electron chi connectivity index (χ0n) is 9.72. The maximum absolute atomic E-state index is 9.66. The Morgan fingerprint density at radius 1 is 1.47 bits per heavy atom. The highest BCUT2D eigenvalue weighted by atomic mass is 16.5. The molecule has 0 bridgehead atoms. The van der Waals surface area contributed by atoms with Crippen molar-refractivity contribution in [2.75, 3.05) is 33.9 Å². The molecule has 0 heterocycles. The van der Waals surface area contributed by atoms with Crippen LogP contribution in [0.1, 0.15) is 19.3 Å². The summed E-state index contributed by atoms with van der Waals surface area (Å²) in [6.07, 6.45) is 2.58. The van der Waals surface area contributed by atoms with Gasteiger partial charge >= 0.3 is 0 Å². The van der Waals surface area contributed by atoms with Crippen molar-refractivity contribution in [2.24, 2.45) is 5.92 Å². The summed E-state index contributed by atoms with van der Waals surface area (Å²) in [5, 5.41) is 19.2. The number of aliphatic hydroxyl groups excluding tert-OH is 2. The molecule has 0 aromatic rings. The van der Waals surface area contributed by atoms with E-state index < -0.39 is 6.10 Å². The van der Waals surface area contributed by atoms with E-state index in [1.54, 1.807) is 7.11 Å². The van der Waals surface area contributed by atoms with E-state index in [9.17, 15) is 10.2 Å². The van der Waals surface area contributed by atoms with E-state index >= 15 is 0 Å². The second-order valence-corrected chi connectivity index (χ2v) is 4.59. The lowest BCUT2D eigenvalue weighted by Crippen LogP contribution is -2.36. The molecule has 15 heavy (non-hydrogen) atoms. The number of hydrogen-bond acceptors (Lipinski definition) is 4. The summed E-state index contributed by atoms with van der Waals surface area (Å²) >= 11 is 0. The smallest absolute Gasteiger partial charge is 0.0899 e. The summed E-state index contributed by atoms with van der Waals surface area (Å²) in [5.74, 6) is 0.379. The molecule has 0 saturated heterocycles. The maximum atomic E-state index is 9.66. The fraction of sp³-hybridized carbons (Fsp3) is 1.00. The van der Waals surface area contributed by atoms with Gasteiger partial charge in [0.25, 0.3) is 0 Å². The van der Waals surface area contributed by atoms with Crippen LogP contribution in [0.2, 0.25) is 0 Å². The van der Waals surface area contributed by atoms with Crippen LogP contribution >= 0.6 is 0 Å². The summed E-state index contributed by atoms with van der Waals surface area (Å²) in [6.45, 7) is 1.84. The number of rotatable bonds is 6.